The Bertz CT molecular complexity index is 1960. The van der Waals surface area contributed by atoms with Crippen LogP contribution in [0, 0.1) is 19.8 Å². The fourth-order valence-corrected chi connectivity index (χ4v) is 8.37. The number of thiazole rings is 1. The lowest BCUT2D eigenvalue weighted by Gasteiger charge is -2.43. The number of piperidine rings is 2. The number of amides is 1. The van der Waals surface area contributed by atoms with E-state index in [1.165, 1.54) is 21.3 Å². The number of aromatic nitrogens is 4. The number of carbonyl (C=O) groups excluding carboxylic acids is 1. The van der Waals surface area contributed by atoms with Gasteiger partial charge in [0, 0.05) is 54.8 Å². The summed E-state index contributed by atoms with van der Waals surface area (Å²) in [7, 11) is 1.62. The first-order chi connectivity index (χ1) is 23.2. The Labute approximate surface area is 284 Å². The molecule has 2 fully saturated rings. The Morgan fingerprint density at radius 2 is 1.79 bits per heavy atom. The average Bonchev–Trinajstić information content (AvgIpc) is 3.68. The third kappa shape index (κ3) is 6.42. The van der Waals surface area contributed by atoms with Crippen molar-refractivity contribution < 1.29 is 14.6 Å². The van der Waals surface area contributed by atoms with Crippen LogP contribution in [0.15, 0.2) is 78.0 Å². The van der Waals surface area contributed by atoms with Crippen molar-refractivity contribution in [2.45, 2.75) is 57.7 Å². The van der Waals surface area contributed by atoms with Crippen LogP contribution in [0.3, 0.4) is 0 Å². The normalized spacial score (nSPS) is 19.9. The summed E-state index contributed by atoms with van der Waals surface area (Å²) >= 11 is 1.76. The number of hydrogen-bond acceptors (Lipinski definition) is 8. The number of ether oxygens (including phenoxy) is 1. The molecule has 0 radical (unpaired) electrons. The Hall–Kier alpha value is -4.32. The number of rotatable bonds is 8. The first kappa shape index (κ1) is 32.2. The molecule has 0 unspecified atom stereocenters. The van der Waals surface area contributed by atoms with Crippen molar-refractivity contribution in [3.63, 3.8) is 0 Å². The fourth-order valence-electron chi connectivity index (χ4n) is 7.39. The summed E-state index contributed by atoms with van der Waals surface area (Å²) in [5.74, 6) is 0.878. The third-order valence-corrected chi connectivity index (χ3v) is 11.2. The van der Waals surface area contributed by atoms with E-state index < -0.39 is 5.60 Å². The Morgan fingerprint density at radius 3 is 2.48 bits per heavy atom. The van der Waals surface area contributed by atoms with Crippen LogP contribution in [0.5, 0.6) is 5.75 Å². The molecule has 0 bridgehead atoms. The molecule has 2 aliphatic heterocycles. The number of methoxy groups -OCH3 is 1. The molecular formula is C37H42N6O4S. The third-order valence-electron chi connectivity index (χ3n) is 10.1. The van der Waals surface area contributed by atoms with Crippen molar-refractivity contribution in [3.05, 3.63) is 105 Å². The van der Waals surface area contributed by atoms with Crippen molar-refractivity contribution in [3.8, 4) is 11.4 Å². The van der Waals surface area contributed by atoms with Gasteiger partial charge in [0.15, 0.2) is 5.65 Å². The monoisotopic (exact) mass is 666 g/mol. The summed E-state index contributed by atoms with van der Waals surface area (Å²) in [6.45, 7) is 7.68. The maximum Gasteiger partial charge on any atom is 0.262 e. The summed E-state index contributed by atoms with van der Waals surface area (Å²) in [4.78, 5) is 42.5. The molecule has 2 saturated heterocycles. The summed E-state index contributed by atoms with van der Waals surface area (Å²) in [6.07, 6.45) is 4.93. The van der Waals surface area contributed by atoms with E-state index in [1.54, 1.807) is 24.5 Å². The second-order valence-corrected chi connectivity index (χ2v) is 14.5. The number of nitrogens with zero attached hydrogens (tertiary/aromatic N) is 6. The van der Waals surface area contributed by atoms with Crippen LogP contribution in [0.1, 0.15) is 46.3 Å². The molecule has 10 nitrogen and oxygen atoms in total. The number of hydrogen-bond donors (Lipinski definition) is 1. The maximum atomic E-state index is 14.1. The van der Waals surface area contributed by atoms with E-state index in [2.05, 4.69) is 53.0 Å². The van der Waals surface area contributed by atoms with Crippen LogP contribution >= 0.6 is 11.3 Å². The predicted molar refractivity (Wildman–Crippen MR) is 187 cm³/mol. The molecule has 3 aromatic heterocycles. The molecule has 0 spiro atoms. The van der Waals surface area contributed by atoms with Gasteiger partial charge in [-0.05, 0) is 75.5 Å². The van der Waals surface area contributed by atoms with Gasteiger partial charge in [0.25, 0.3) is 5.56 Å². The highest BCUT2D eigenvalue weighted by Crippen LogP contribution is 2.36. The van der Waals surface area contributed by atoms with Gasteiger partial charge in [-0.1, -0.05) is 30.3 Å². The average molecular weight is 667 g/mol. The molecule has 250 valence electrons. The molecule has 1 N–H and O–H groups in total. The highest BCUT2D eigenvalue weighted by Gasteiger charge is 2.41. The second kappa shape index (κ2) is 13.3. The van der Waals surface area contributed by atoms with Crippen molar-refractivity contribution in [2.24, 2.45) is 5.92 Å². The smallest absolute Gasteiger partial charge is 0.262 e. The van der Waals surface area contributed by atoms with Gasteiger partial charge in [0.2, 0.25) is 5.91 Å². The van der Waals surface area contributed by atoms with Gasteiger partial charge in [-0.15, -0.1) is 11.3 Å². The Kier molecular flexibility index (Phi) is 8.93. The summed E-state index contributed by atoms with van der Waals surface area (Å²) < 4.78 is 8.64. The molecule has 7 rings (SSSR count). The van der Waals surface area contributed by atoms with E-state index in [0.29, 0.717) is 37.0 Å². The fraction of sp³-hybridized carbons (Fsp3) is 0.405. The van der Waals surface area contributed by atoms with E-state index in [4.69, 9.17) is 4.74 Å². The van der Waals surface area contributed by atoms with E-state index in [9.17, 15) is 14.7 Å². The molecule has 5 aromatic rings. The number of carbonyl (C=O) groups is 1. The van der Waals surface area contributed by atoms with Crippen LogP contribution in [0.2, 0.25) is 0 Å². The highest BCUT2D eigenvalue weighted by atomic mass is 32.1. The van der Waals surface area contributed by atoms with Crippen molar-refractivity contribution in [2.75, 3.05) is 33.3 Å². The zero-order valence-electron chi connectivity index (χ0n) is 27.7. The zero-order chi connectivity index (χ0) is 33.4. The molecule has 2 atom stereocenters. The van der Waals surface area contributed by atoms with E-state index >= 15 is 0 Å². The molecule has 5 heterocycles. The highest BCUT2D eigenvalue weighted by molar-refractivity contribution is 7.11. The molecule has 0 aliphatic carbocycles. The minimum atomic E-state index is -1.11. The zero-order valence-corrected chi connectivity index (χ0v) is 28.5. The first-order valence-electron chi connectivity index (χ1n) is 16.6. The van der Waals surface area contributed by atoms with Gasteiger partial charge in [0.1, 0.15) is 12.1 Å². The maximum absolute atomic E-state index is 14.1. The largest absolute Gasteiger partial charge is 0.497 e. The summed E-state index contributed by atoms with van der Waals surface area (Å²) in [6, 6.07) is 19.7. The van der Waals surface area contributed by atoms with Gasteiger partial charge >= 0.3 is 0 Å². The van der Waals surface area contributed by atoms with Crippen LogP contribution in [0.4, 0.5) is 0 Å². The molecule has 48 heavy (non-hydrogen) atoms. The SMILES string of the molecule is COc1ccc(-n2ccc3c(=O)n(CC4(O)CCN(C(=O)[C@@H]5CCN(Cc6sc(C)nc6C)C[C@H]5c5ccccc5)CC4)cnc32)cc1. The number of likely N-dealkylation sites (tertiary alicyclic amines) is 2. The van der Waals surface area contributed by atoms with Crippen LogP contribution in [-0.4, -0.2) is 78.8 Å². The standard InChI is InChI=1S/C37H42N6O4S/c1-25-33(48-26(2)39-25)22-40-17-13-30(32(21-40)27-7-5-4-6-8-27)35(44)41-19-15-37(46,16-20-41)23-42-24-38-34-31(36(42)45)14-18-43(34)28-9-11-29(47-3)12-10-28/h4-12,14,18,24,30,32,46H,13,15-17,19-23H2,1-3H3/t30-,32+/m1/s1. The first-order valence-corrected chi connectivity index (χ1v) is 17.5. The summed E-state index contributed by atoms with van der Waals surface area (Å²) in [5.41, 5.74) is 2.41. The molecular weight excluding hydrogens is 625 g/mol. The molecule has 0 saturated carbocycles. The molecule has 2 aromatic carbocycles. The van der Waals surface area contributed by atoms with Gasteiger partial charge in [-0.3, -0.25) is 19.1 Å². The van der Waals surface area contributed by atoms with Crippen molar-refractivity contribution >= 4 is 28.3 Å². The Balaban J connectivity index is 1.02. The number of fused-ring (bicyclic) bond motifs is 1. The lowest BCUT2D eigenvalue weighted by atomic mass is 9.79. The molecule has 1 amide bonds. The number of benzene rings is 2. The topological polar surface area (TPSA) is 106 Å². The van der Waals surface area contributed by atoms with Gasteiger partial charge < -0.3 is 19.3 Å². The second-order valence-electron chi connectivity index (χ2n) is 13.2. The van der Waals surface area contributed by atoms with E-state index in [-0.39, 0.29) is 29.8 Å². The van der Waals surface area contributed by atoms with E-state index in [1.807, 2.05) is 46.0 Å². The minimum absolute atomic E-state index is 0.0872. The van der Waals surface area contributed by atoms with Crippen molar-refractivity contribution in [1.82, 2.24) is 28.9 Å². The predicted octanol–water partition coefficient (Wildman–Crippen LogP) is 4.93. The van der Waals surface area contributed by atoms with Gasteiger partial charge in [-0.25, -0.2) is 9.97 Å². The summed E-state index contributed by atoms with van der Waals surface area (Å²) in [5, 5.41) is 13.2. The number of aryl methyl sites for hydroxylation is 2. The number of aliphatic hydroxyl groups is 1. The van der Waals surface area contributed by atoms with Gasteiger partial charge in [-0.2, -0.15) is 0 Å². The lowest BCUT2D eigenvalue weighted by molar-refractivity contribution is -0.142. The van der Waals surface area contributed by atoms with Crippen molar-refractivity contribution in [1.29, 1.82) is 0 Å². The van der Waals surface area contributed by atoms with Crippen LogP contribution < -0.4 is 10.3 Å². The van der Waals surface area contributed by atoms with E-state index in [0.717, 1.165) is 48.2 Å². The lowest BCUT2D eigenvalue weighted by Crippen LogP contribution is -2.53. The minimum Gasteiger partial charge on any atom is -0.497 e. The molecule has 11 heteroatoms. The van der Waals surface area contributed by atoms with Gasteiger partial charge in [0.05, 0.1) is 35.3 Å². The quantitative estimate of drug-likeness (QED) is 0.251. The van der Waals surface area contributed by atoms with Crippen LogP contribution in [-0.2, 0) is 17.9 Å². The Morgan fingerprint density at radius 1 is 1.04 bits per heavy atom. The molecule has 2 aliphatic rings. The van der Waals surface area contributed by atoms with Crippen LogP contribution in [0.25, 0.3) is 16.7 Å².